The molecule has 5 rings (SSSR count). The molecule has 0 fully saturated rings. The lowest BCUT2D eigenvalue weighted by atomic mass is 9.63. The van der Waals surface area contributed by atoms with Gasteiger partial charge in [0.2, 0.25) is 0 Å². The highest BCUT2D eigenvalue weighted by molar-refractivity contribution is 5.95. The van der Waals surface area contributed by atoms with Crippen molar-refractivity contribution in [3.63, 3.8) is 0 Å². The Morgan fingerprint density at radius 2 is 1.81 bits per heavy atom. The van der Waals surface area contributed by atoms with Crippen LogP contribution in [0.5, 0.6) is 0 Å². The van der Waals surface area contributed by atoms with Gasteiger partial charge in [-0.15, -0.1) is 0 Å². The predicted octanol–water partition coefficient (Wildman–Crippen LogP) is 6.90. The number of hydrogen-bond acceptors (Lipinski definition) is 4. The normalized spacial score (nSPS) is 21.1. The molecule has 0 spiro atoms. The molecule has 0 amide bonds. The maximum atomic E-state index is 5.35. The molecule has 1 aliphatic rings. The van der Waals surface area contributed by atoms with E-state index in [1.807, 2.05) is 18.3 Å². The molecule has 36 heavy (non-hydrogen) atoms. The second kappa shape index (κ2) is 8.81. The van der Waals surface area contributed by atoms with Crippen molar-refractivity contribution in [1.82, 2.24) is 25.5 Å². The molecule has 0 radical (unpaired) electrons. The number of hydrogen-bond donors (Lipinski definition) is 2. The van der Waals surface area contributed by atoms with Gasteiger partial charge in [0.05, 0.1) is 22.8 Å². The van der Waals surface area contributed by atoms with Crippen LogP contribution < -0.4 is 5.32 Å². The highest BCUT2D eigenvalue weighted by Gasteiger charge is 2.55. The highest BCUT2D eigenvalue weighted by atomic mass is 15.1. The minimum absolute atomic E-state index is 0.0264. The van der Waals surface area contributed by atoms with Gasteiger partial charge in [-0.2, -0.15) is 5.10 Å². The fraction of sp³-hybridized carbons (Fsp3) is 0.452. The Kier molecular flexibility index (Phi) is 6.03. The van der Waals surface area contributed by atoms with Crippen LogP contribution in [0.4, 0.5) is 0 Å². The SMILES string of the molecule is CCC1(C)c2n[nH]c(-c3nc(C(C)(C)CNCc4ccccn4)cc4ccccc34)c2C(C)C1(C)C. The van der Waals surface area contributed by atoms with Crippen molar-refractivity contribution in [2.24, 2.45) is 5.41 Å². The van der Waals surface area contributed by atoms with Crippen LogP contribution in [0.2, 0.25) is 0 Å². The van der Waals surface area contributed by atoms with Crippen LogP contribution >= 0.6 is 0 Å². The molecule has 188 valence electrons. The molecular formula is C31H39N5. The van der Waals surface area contributed by atoms with Gasteiger partial charge in [-0.25, -0.2) is 4.98 Å². The van der Waals surface area contributed by atoms with Crippen molar-refractivity contribution in [1.29, 1.82) is 0 Å². The smallest absolute Gasteiger partial charge is 0.0965 e. The molecule has 4 aromatic rings. The number of fused-ring (bicyclic) bond motifs is 2. The summed E-state index contributed by atoms with van der Waals surface area (Å²) in [6, 6.07) is 16.9. The number of nitrogens with one attached hydrogen (secondary N) is 2. The lowest BCUT2D eigenvalue weighted by Gasteiger charge is -2.40. The number of rotatable bonds is 7. The van der Waals surface area contributed by atoms with Crippen LogP contribution in [0.25, 0.3) is 22.2 Å². The monoisotopic (exact) mass is 481 g/mol. The zero-order valence-corrected chi connectivity index (χ0v) is 22.7. The molecule has 2 unspecified atom stereocenters. The number of aromatic amines is 1. The van der Waals surface area contributed by atoms with Crippen LogP contribution in [-0.4, -0.2) is 26.7 Å². The lowest BCUT2D eigenvalue weighted by molar-refractivity contribution is 0.162. The van der Waals surface area contributed by atoms with Crippen molar-refractivity contribution < 1.29 is 0 Å². The Bertz CT molecular complexity index is 1380. The summed E-state index contributed by atoms with van der Waals surface area (Å²) in [6.07, 6.45) is 2.90. The Morgan fingerprint density at radius 1 is 1.06 bits per heavy atom. The molecule has 2 atom stereocenters. The highest BCUT2D eigenvalue weighted by Crippen LogP contribution is 2.61. The average Bonchev–Trinajstić information content (AvgIpc) is 3.37. The molecule has 3 aromatic heterocycles. The molecule has 0 bridgehead atoms. The number of benzene rings is 1. The minimum atomic E-state index is -0.167. The van der Waals surface area contributed by atoms with Crippen LogP contribution in [0.3, 0.4) is 0 Å². The molecule has 3 heterocycles. The molecule has 2 N–H and O–H groups in total. The Hall–Kier alpha value is -3.05. The Morgan fingerprint density at radius 3 is 2.53 bits per heavy atom. The molecule has 0 saturated heterocycles. The third-order valence-electron chi connectivity index (χ3n) is 9.24. The molecule has 0 saturated carbocycles. The third kappa shape index (κ3) is 3.76. The molecule has 0 aliphatic heterocycles. The van der Waals surface area contributed by atoms with Gasteiger partial charge in [0.15, 0.2) is 0 Å². The van der Waals surface area contributed by atoms with Gasteiger partial charge >= 0.3 is 0 Å². The first-order chi connectivity index (χ1) is 17.1. The van der Waals surface area contributed by atoms with Gasteiger partial charge in [0.1, 0.15) is 0 Å². The summed E-state index contributed by atoms with van der Waals surface area (Å²) < 4.78 is 0. The van der Waals surface area contributed by atoms with E-state index in [9.17, 15) is 0 Å². The lowest BCUT2D eigenvalue weighted by Crippen LogP contribution is -2.37. The van der Waals surface area contributed by atoms with Crippen molar-refractivity contribution in [3.05, 3.63) is 77.4 Å². The van der Waals surface area contributed by atoms with E-state index in [0.717, 1.165) is 42.3 Å². The van der Waals surface area contributed by atoms with Crippen molar-refractivity contribution in [2.75, 3.05) is 6.54 Å². The first-order valence-electron chi connectivity index (χ1n) is 13.2. The van der Waals surface area contributed by atoms with E-state index in [1.54, 1.807) is 0 Å². The van der Waals surface area contributed by atoms with E-state index in [-0.39, 0.29) is 16.2 Å². The summed E-state index contributed by atoms with van der Waals surface area (Å²) in [6.45, 7) is 17.9. The number of H-pyrrole nitrogens is 1. The first-order valence-corrected chi connectivity index (χ1v) is 13.2. The molecule has 1 aromatic carbocycles. The summed E-state index contributed by atoms with van der Waals surface area (Å²) in [5.41, 5.74) is 6.75. The van der Waals surface area contributed by atoms with E-state index < -0.39 is 0 Å². The minimum Gasteiger partial charge on any atom is -0.310 e. The summed E-state index contributed by atoms with van der Waals surface area (Å²) in [4.78, 5) is 9.79. The Balaban J connectivity index is 1.57. The summed E-state index contributed by atoms with van der Waals surface area (Å²) in [5.74, 6) is 0.378. The predicted molar refractivity (Wildman–Crippen MR) is 148 cm³/mol. The van der Waals surface area contributed by atoms with E-state index in [1.165, 1.54) is 22.0 Å². The van der Waals surface area contributed by atoms with E-state index in [0.29, 0.717) is 5.92 Å². The van der Waals surface area contributed by atoms with Gasteiger partial charge in [0.25, 0.3) is 0 Å². The maximum absolute atomic E-state index is 5.35. The second-order valence-corrected chi connectivity index (χ2v) is 11.9. The zero-order valence-electron chi connectivity index (χ0n) is 22.7. The molecule has 5 heteroatoms. The van der Waals surface area contributed by atoms with Gasteiger partial charge in [0, 0.05) is 46.8 Å². The molecule has 1 aliphatic carbocycles. The van der Waals surface area contributed by atoms with Gasteiger partial charge in [-0.3, -0.25) is 10.1 Å². The quantitative estimate of drug-likeness (QED) is 0.301. The van der Waals surface area contributed by atoms with E-state index >= 15 is 0 Å². The maximum Gasteiger partial charge on any atom is 0.0965 e. The zero-order chi connectivity index (χ0) is 25.7. The van der Waals surface area contributed by atoms with Gasteiger partial charge in [-0.1, -0.05) is 78.8 Å². The first kappa shape index (κ1) is 24.6. The van der Waals surface area contributed by atoms with E-state index in [4.69, 9.17) is 10.1 Å². The van der Waals surface area contributed by atoms with Crippen LogP contribution in [0.1, 0.15) is 83.5 Å². The fourth-order valence-corrected chi connectivity index (χ4v) is 5.97. The number of nitrogens with zero attached hydrogens (tertiary/aromatic N) is 3. The second-order valence-electron chi connectivity index (χ2n) is 11.9. The van der Waals surface area contributed by atoms with Gasteiger partial charge in [-0.05, 0) is 41.3 Å². The van der Waals surface area contributed by atoms with Crippen LogP contribution in [0, 0.1) is 5.41 Å². The van der Waals surface area contributed by atoms with Gasteiger partial charge < -0.3 is 5.32 Å². The van der Waals surface area contributed by atoms with Crippen molar-refractivity contribution in [3.8, 4) is 11.4 Å². The van der Waals surface area contributed by atoms with Crippen molar-refractivity contribution >= 4 is 10.8 Å². The summed E-state index contributed by atoms with van der Waals surface area (Å²) in [5, 5.41) is 14.4. The summed E-state index contributed by atoms with van der Waals surface area (Å²) in [7, 11) is 0. The number of aromatic nitrogens is 4. The molecule has 5 nitrogen and oxygen atoms in total. The third-order valence-corrected chi connectivity index (χ3v) is 9.24. The number of pyridine rings is 2. The standard InChI is InChI=1S/C31H39N5/c1-8-31(7)28-25(20(2)30(31,5)6)27(35-36-28)26-23-15-10-9-13-21(23)17-24(34-26)29(3,4)19-32-18-22-14-11-12-16-33-22/h9-17,20,32H,8,18-19H2,1-7H3,(H,35,36). The van der Waals surface area contributed by atoms with E-state index in [2.05, 4.69) is 100 Å². The fourth-order valence-electron chi connectivity index (χ4n) is 5.97. The summed E-state index contributed by atoms with van der Waals surface area (Å²) >= 11 is 0. The average molecular weight is 482 g/mol. The Labute approximate surface area is 215 Å². The van der Waals surface area contributed by atoms with Crippen LogP contribution in [-0.2, 0) is 17.4 Å². The van der Waals surface area contributed by atoms with Crippen molar-refractivity contribution in [2.45, 2.75) is 78.2 Å². The molecular weight excluding hydrogens is 442 g/mol. The van der Waals surface area contributed by atoms with Crippen LogP contribution in [0.15, 0.2) is 54.7 Å². The topological polar surface area (TPSA) is 66.5 Å². The largest absolute Gasteiger partial charge is 0.310 e.